The molecule has 0 atom stereocenters. The molecule has 0 saturated heterocycles. The van der Waals surface area contributed by atoms with Crippen LogP contribution in [0.4, 0.5) is 0 Å². The van der Waals surface area contributed by atoms with Crippen molar-refractivity contribution in [1.82, 2.24) is 15.3 Å². The summed E-state index contributed by atoms with van der Waals surface area (Å²) in [5.74, 6) is 0.180. The summed E-state index contributed by atoms with van der Waals surface area (Å²) in [5, 5.41) is 5.17. The lowest BCUT2D eigenvalue weighted by Crippen LogP contribution is -2.42. The Morgan fingerprint density at radius 3 is 2.71 bits per heavy atom. The van der Waals surface area contributed by atoms with E-state index in [4.69, 9.17) is 0 Å². The first-order chi connectivity index (χ1) is 10.3. The average molecular weight is 301 g/mol. The average Bonchev–Trinajstić information content (AvgIpc) is 3.20. The lowest BCUT2D eigenvalue weighted by molar-refractivity contribution is -0.126. The van der Waals surface area contributed by atoms with E-state index in [1.807, 2.05) is 6.07 Å². The van der Waals surface area contributed by atoms with Crippen LogP contribution in [0.2, 0.25) is 0 Å². The molecular weight excluding hydrogens is 282 g/mol. The van der Waals surface area contributed by atoms with Crippen molar-refractivity contribution in [2.24, 2.45) is 0 Å². The van der Waals surface area contributed by atoms with Gasteiger partial charge in [0.1, 0.15) is 6.33 Å². The maximum atomic E-state index is 12.7. The van der Waals surface area contributed by atoms with Gasteiger partial charge in [-0.2, -0.15) is 0 Å². The molecule has 1 aliphatic carbocycles. The quantitative estimate of drug-likeness (QED) is 0.924. The third-order valence-electron chi connectivity index (χ3n) is 4.20. The van der Waals surface area contributed by atoms with Crippen LogP contribution in [0, 0.1) is 0 Å². The minimum Gasteiger partial charge on any atom is -0.355 e. The Kier molecular flexibility index (Phi) is 4.29. The largest absolute Gasteiger partial charge is 0.355 e. The van der Waals surface area contributed by atoms with Gasteiger partial charge in [-0.05, 0) is 36.3 Å². The van der Waals surface area contributed by atoms with E-state index in [1.165, 1.54) is 11.2 Å². The Hall–Kier alpha value is -1.75. The van der Waals surface area contributed by atoms with Crippen molar-refractivity contribution >= 4 is 17.2 Å². The standard InChI is InChI=1S/C16H19N3OS/c20-15(19-8-5-13-10-17-12-18-11-13)16(6-1-2-7-16)14-4-3-9-21-14/h3-4,9-12H,1-2,5-8H2,(H,19,20). The van der Waals surface area contributed by atoms with E-state index in [-0.39, 0.29) is 11.3 Å². The Bertz CT molecular complexity index is 577. The van der Waals surface area contributed by atoms with Crippen molar-refractivity contribution in [3.63, 3.8) is 0 Å². The predicted molar refractivity (Wildman–Crippen MR) is 83.2 cm³/mol. The lowest BCUT2D eigenvalue weighted by Gasteiger charge is -2.26. The van der Waals surface area contributed by atoms with Gasteiger partial charge < -0.3 is 5.32 Å². The van der Waals surface area contributed by atoms with Crippen LogP contribution in [0.5, 0.6) is 0 Å². The van der Waals surface area contributed by atoms with E-state index >= 15 is 0 Å². The van der Waals surface area contributed by atoms with Crippen molar-refractivity contribution in [2.45, 2.75) is 37.5 Å². The second-order valence-electron chi connectivity index (χ2n) is 5.52. The SMILES string of the molecule is O=C(NCCc1cncnc1)C1(c2cccs2)CCCC1. The summed E-state index contributed by atoms with van der Waals surface area (Å²) in [6.45, 7) is 0.638. The van der Waals surface area contributed by atoms with Crippen molar-refractivity contribution in [1.29, 1.82) is 0 Å². The highest BCUT2D eigenvalue weighted by Gasteiger charge is 2.43. The van der Waals surface area contributed by atoms with Crippen molar-refractivity contribution in [2.75, 3.05) is 6.54 Å². The van der Waals surface area contributed by atoms with Gasteiger partial charge >= 0.3 is 0 Å². The van der Waals surface area contributed by atoms with E-state index in [2.05, 4.69) is 26.7 Å². The molecule has 5 heteroatoms. The predicted octanol–water partition coefficient (Wildman–Crippen LogP) is 2.71. The van der Waals surface area contributed by atoms with Gasteiger partial charge in [0.15, 0.2) is 0 Å². The molecule has 1 N–H and O–H groups in total. The molecule has 2 aromatic heterocycles. The van der Waals surface area contributed by atoms with Gasteiger partial charge in [0.05, 0.1) is 5.41 Å². The summed E-state index contributed by atoms with van der Waals surface area (Å²) in [6, 6.07) is 4.13. The molecule has 110 valence electrons. The second kappa shape index (κ2) is 6.35. The number of hydrogen-bond acceptors (Lipinski definition) is 4. The van der Waals surface area contributed by atoms with Gasteiger partial charge in [-0.1, -0.05) is 18.9 Å². The molecule has 21 heavy (non-hydrogen) atoms. The summed E-state index contributed by atoms with van der Waals surface area (Å²) in [7, 11) is 0. The molecule has 2 heterocycles. The van der Waals surface area contributed by atoms with E-state index in [1.54, 1.807) is 23.7 Å². The topological polar surface area (TPSA) is 54.9 Å². The molecule has 0 unspecified atom stereocenters. The molecule has 4 nitrogen and oxygen atoms in total. The third-order valence-corrected chi connectivity index (χ3v) is 5.27. The van der Waals surface area contributed by atoms with Gasteiger partial charge in [-0.15, -0.1) is 11.3 Å². The van der Waals surface area contributed by atoms with Crippen LogP contribution in [0.25, 0.3) is 0 Å². The number of nitrogens with one attached hydrogen (secondary N) is 1. The maximum absolute atomic E-state index is 12.7. The molecule has 0 spiro atoms. The molecule has 0 bridgehead atoms. The van der Waals surface area contributed by atoms with Gasteiger partial charge in [0, 0.05) is 23.8 Å². The van der Waals surface area contributed by atoms with Gasteiger partial charge in [-0.25, -0.2) is 9.97 Å². The zero-order valence-electron chi connectivity index (χ0n) is 11.9. The molecule has 1 saturated carbocycles. The number of carbonyl (C=O) groups is 1. The fourth-order valence-electron chi connectivity index (χ4n) is 3.06. The Balaban J connectivity index is 1.63. The zero-order valence-corrected chi connectivity index (χ0v) is 12.7. The van der Waals surface area contributed by atoms with Crippen LogP contribution in [-0.4, -0.2) is 22.4 Å². The number of rotatable bonds is 5. The minimum atomic E-state index is -0.290. The first kappa shape index (κ1) is 14.2. The van der Waals surface area contributed by atoms with Crippen LogP contribution in [0.15, 0.2) is 36.2 Å². The normalized spacial score (nSPS) is 16.8. The highest BCUT2D eigenvalue weighted by molar-refractivity contribution is 7.10. The molecule has 0 aliphatic heterocycles. The second-order valence-corrected chi connectivity index (χ2v) is 6.47. The van der Waals surface area contributed by atoms with Gasteiger partial charge in [0.25, 0.3) is 0 Å². The van der Waals surface area contributed by atoms with E-state index in [0.29, 0.717) is 6.54 Å². The molecule has 1 amide bonds. The monoisotopic (exact) mass is 301 g/mol. The third kappa shape index (κ3) is 2.97. The molecule has 2 aromatic rings. The maximum Gasteiger partial charge on any atom is 0.231 e. The number of hydrogen-bond donors (Lipinski definition) is 1. The number of carbonyl (C=O) groups excluding carboxylic acids is 1. The lowest BCUT2D eigenvalue weighted by atomic mass is 9.83. The smallest absolute Gasteiger partial charge is 0.231 e. The summed E-state index contributed by atoms with van der Waals surface area (Å²) in [6.07, 6.45) is 10.1. The Morgan fingerprint density at radius 2 is 2.05 bits per heavy atom. The number of amides is 1. The van der Waals surface area contributed by atoms with Crippen molar-refractivity contribution in [3.8, 4) is 0 Å². The zero-order chi connectivity index (χ0) is 14.5. The molecule has 1 fully saturated rings. The molecule has 3 rings (SSSR count). The first-order valence-electron chi connectivity index (χ1n) is 7.37. The highest BCUT2D eigenvalue weighted by atomic mass is 32.1. The summed E-state index contributed by atoms with van der Waals surface area (Å²) in [5.41, 5.74) is 0.760. The van der Waals surface area contributed by atoms with Crippen molar-refractivity contribution < 1.29 is 4.79 Å². The number of thiophene rings is 1. The summed E-state index contributed by atoms with van der Waals surface area (Å²) >= 11 is 1.70. The van der Waals surface area contributed by atoms with Crippen LogP contribution in [0.1, 0.15) is 36.1 Å². The van der Waals surface area contributed by atoms with E-state index in [0.717, 1.165) is 37.7 Å². The molecule has 0 aromatic carbocycles. The summed E-state index contributed by atoms with van der Waals surface area (Å²) in [4.78, 5) is 21.9. The number of aromatic nitrogens is 2. The van der Waals surface area contributed by atoms with E-state index in [9.17, 15) is 4.79 Å². The fraction of sp³-hybridized carbons (Fsp3) is 0.438. The van der Waals surface area contributed by atoms with Crippen LogP contribution in [-0.2, 0) is 16.6 Å². The van der Waals surface area contributed by atoms with Gasteiger partial charge in [-0.3, -0.25) is 4.79 Å². The highest BCUT2D eigenvalue weighted by Crippen LogP contribution is 2.43. The Morgan fingerprint density at radius 1 is 1.29 bits per heavy atom. The molecule has 1 aliphatic rings. The number of nitrogens with zero attached hydrogens (tertiary/aromatic N) is 2. The minimum absolute atomic E-state index is 0.180. The van der Waals surface area contributed by atoms with Crippen LogP contribution in [0.3, 0.4) is 0 Å². The van der Waals surface area contributed by atoms with Crippen LogP contribution >= 0.6 is 11.3 Å². The Labute approximate surface area is 128 Å². The van der Waals surface area contributed by atoms with E-state index < -0.39 is 0 Å². The summed E-state index contributed by atoms with van der Waals surface area (Å²) < 4.78 is 0. The first-order valence-corrected chi connectivity index (χ1v) is 8.25. The van der Waals surface area contributed by atoms with Gasteiger partial charge in [0.2, 0.25) is 5.91 Å². The molecular formula is C16H19N3OS. The fourth-order valence-corrected chi connectivity index (χ4v) is 4.05. The van der Waals surface area contributed by atoms with Crippen LogP contribution < -0.4 is 5.32 Å². The molecule has 0 radical (unpaired) electrons. The van der Waals surface area contributed by atoms with Crippen molar-refractivity contribution in [3.05, 3.63) is 46.7 Å².